The Kier molecular flexibility index (Phi) is 5.29. The summed E-state index contributed by atoms with van der Waals surface area (Å²) in [5, 5.41) is 3.96. The summed E-state index contributed by atoms with van der Waals surface area (Å²) in [7, 11) is 1.39. The maximum absolute atomic E-state index is 11.0. The second-order valence-corrected chi connectivity index (χ2v) is 4.06. The van der Waals surface area contributed by atoms with Gasteiger partial charge in [0.2, 0.25) is 0 Å². The van der Waals surface area contributed by atoms with Crippen LogP contribution in [0.2, 0.25) is 5.02 Å². The van der Waals surface area contributed by atoms with Crippen LogP contribution < -0.4 is 5.32 Å². The van der Waals surface area contributed by atoms with Gasteiger partial charge in [-0.1, -0.05) is 29.8 Å². The molecule has 1 aromatic rings. The molecule has 0 aliphatic carbocycles. The molecule has 0 fully saturated rings. The van der Waals surface area contributed by atoms with Crippen molar-refractivity contribution in [1.82, 2.24) is 5.32 Å². The molecule has 0 bridgehead atoms. The molecule has 0 aromatic heterocycles. The summed E-state index contributed by atoms with van der Waals surface area (Å²) in [6, 6.07) is 7.71. The zero-order valence-corrected chi connectivity index (χ0v) is 10.3. The molecule has 3 nitrogen and oxygen atoms in total. The molecule has 0 aliphatic rings. The van der Waals surface area contributed by atoms with Crippen LogP contribution in [0.25, 0.3) is 0 Å². The van der Waals surface area contributed by atoms with E-state index in [1.54, 1.807) is 0 Å². The summed E-state index contributed by atoms with van der Waals surface area (Å²) in [4.78, 5) is 11.0. The van der Waals surface area contributed by atoms with Crippen LogP contribution in [-0.4, -0.2) is 19.1 Å². The minimum atomic E-state index is -0.209. The predicted molar refractivity (Wildman–Crippen MR) is 64.4 cm³/mol. The SMILES string of the molecule is COC(=O)CC(C)NCc1ccccc1Cl. The average molecular weight is 242 g/mol. The first-order valence-electron chi connectivity index (χ1n) is 5.17. The van der Waals surface area contributed by atoms with Gasteiger partial charge in [-0.25, -0.2) is 0 Å². The highest BCUT2D eigenvalue weighted by Crippen LogP contribution is 2.14. The molecule has 1 unspecified atom stereocenters. The summed E-state index contributed by atoms with van der Waals surface area (Å²) in [5.41, 5.74) is 1.03. The minimum Gasteiger partial charge on any atom is -0.469 e. The number of carbonyl (C=O) groups excluding carboxylic acids is 1. The van der Waals surface area contributed by atoms with E-state index in [0.717, 1.165) is 10.6 Å². The third-order valence-corrected chi connectivity index (χ3v) is 2.67. The standard InChI is InChI=1S/C12H16ClNO2/c1-9(7-12(15)16-2)14-8-10-5-3-4-6-11(10)13/h3-6,9,14H,7-8H2,1-2H3. The number of esters is 1. The van der Waals surface area contributed by atoms with Crippen molar-refractivity contribution in [2.45, 2.75) is 25.9 Å². The van der Waals surface area contributed by atoms with Crippen LogP contribution in [0.1, 0.15) is 18.9 Å². The average Bonchev–Trinajstić information content (AvgIpc) is 2.28. The quantitative estimate of drug-likeness (QED) is 0.805. The van der Waals surface area contributed by atoms with Gasteiger partial charge in [0.1, 0.15) is 0 Å². The van der Waals surface area contributed by atoms with E-state index in [1.165, 1.54) is 7.11 Å². The van der Waals surface area contributed by atoms with Crippen molar-refractivity contribution in [2.75, 3.05) is 7.11 Å². The fourth-order valence-corrected chi connectivity index (χ4v) is 1.53. The van der Waals surface area contributed by atoms with Crippen LogP contribution in [0.3, 0.4) is 0 Å². The third-order valence-electron chi connectivity index (χ3n) is 2.30. The topological polar surface area (TPSA) is 38.3 Å². The van der Waals surface area contributed by atoms with Crippen molar-refractivity contribution in [2.24, 2.45) is 0 Å². The Balaban J connectivity index is 2.40. The van der Waals surface area contributed by atoms with Gasteiger partial charge in [0.05, 0.1) is 13.5 Å². The van der Waals surface area contributed by atoms with Gasteiger partial charge in [0.25, 0.3) is 0 Å². The van der Waals surface area contributed by atoms with Gasteiger partial charge in [-0.15, -0.1) is 0 Å². The lowest BCUT2D eigenvalue weighted by molar-refractivity contribution is -0.141. The highest BCUT2D eigenvalue weighted by molar-refractivity contribution is 6.31. The summed E-state index contributed by atoms with van der Waals surface area (Å²) < 4.78 is 4.59. The van der Waals surface area contributed by atoms with E-state index in [9.17, 15) is 4.79 Å². The molecule has 1 aromatic carbocycles. The maximum Gasteiger partial charge on any atom is 0.307 e. The fourth-order valence-electron chi connectivity index (χ4n) is 1.33. The molecule has 4 heteroatoms. The number of halogens is 1. The molecule has 0 heterocycles. The third kappa shape index (κ3) is 4.21. The first-order valence-corrected chi connectivity index (χ1v) is 5.55. The predicted octanol–water partition coefficient (Wildman–Crippen LogP) is 2.38. The Morgan fingerprint density at radius 2 is 2.19 bits per heavy atom. The zero-order chi connectivity index (χ0) is 12.0. The van der Waals surface area contributed by atoms with Crippen molar-refractivity contribution in [3.05, 3.63) is 34.9 Å². The monoisotopic (exact) mass is 241 g/mol. The summed E-state index contributed by atoms with van der Waals surface area (Å²) in [6.07, 6.45) is 0.362. The highest BCUT2D eigenvalue weighted by Gasteiger charge is 2.08. The maximum atomic E-state index is 11.0. The lowest BCUT2D eigenvalue weighted by Gasteiger charge is -2.13. The van der Waals surface area contributed by atoms with E-state index >= 15 is 0 Å². The normalized spacial score (nSPS) is 12.2. The Hall–Kier alpha value is -1.06. The van der Waals surface area contributed by atoms with Crippen LogP contribution in [0.5, 0.6) is 0 Å². The Bertz CT molecular complexity index is 355. The molecule has 0 radical (unpaired) electrons. The number of hydrogen-bond donors (Lipinski definition) is 1. The van der Waals surface area contributed by atoms with E-state index in [1.807, 2.05) is 31.2 Å². The molecule has 0 aliphatic heterocycles. The number of hydrogen-bond acceptors (Lipinski definition) is 3. The summed E-state index contributed by atoms with van der Waals surface area (Å²) >= 11 is 6.01. The molecule has 0 saturated heterocycles. The number of ether oxygens (including phenoxy) is 1. The Morgan fingerprint density at radius 3 is 2.81 bits per heavy atom. The first-order chi connectivity index (χ1) is 7.63. The first kappa shape index (κ1) is 13.0. The van der Waals surface area contributed by atoms with Crippen molar-refractivity contribution in [3.8, 4) is 0 Å². The van der Waals surface area contributed by atoms with Crippen molar-refractivity contribution < 1.29 is 9.53 Å². The lowest BCUT2D eigenvalue weighted by atomic mass is 10.2. The second kappa shape index (κ2) is 6.51. The van der Waals surface area contributed by atoms with Gasteiger partial charge < -0.3 is 10.1 Å². The number of rotatable bonds is 5. The lowest BCUT2D eigenvalue weighted by Crippen LogP contribution is -2.28. The second-order valence-electron chi connectivity index (χ2n) is 3.65. The van der Waals surface area contributed by atoms with Gasteiger partial charge >= 0.3 is 5.97 Å². The molecular formula is C12H16ClNO2. The molecular weight excluding hydrogens is 226 g/mol. The van der Waals surface area contributed by atoms with Crippen LogP contribution in [-0.2, 0) is 16.1 Å². The number of methoxy groups -OCH3 is 1. The van der Waals surface area contributed by atoms with Gasteiger partial charge in [-0.3, -0.25) is 4.79 Å². The van der Waals surface area contributed by atoms with Crippen LogP contribution in [0.15, 0.2) is 24.3 Å². The Morgan fingerprint density at radius 1 is 1.50 bits per heavy atom. The Labute approximate surface area is 101 Å². The molecule has 0 amide bonds. The number of benzene rings is 1. The molecule has 0 saturated carbocycles. The summed E-state index contributed by atoms with van der Waals surface area (Å²) in [6.45, 7) is 2.59. The van der Waals surface area contributed by atoms with Crippen LogP contribution in [0, 0.1) is 0 Å². The van der Waals surface area contributed by atoms with Gasteiger partial charge in [0, 0.05) is 17.6 Å². The van der Waals surface area contributed by atoms with Crippen molar-refractivity contribution >= 4 is 17.6 Å². The molecule has 88 valence electrons. The van der Waals surface area contributed by atoms with Crippen LogP contribution >= 0.6 is 11.6 Å². The number of nitrogens with one attached hydrogen (secondary N) is 1. The molecule has 1 rings (SSSR count). The zero-order valence-electron chi connectivity index (χ0n) is 9.50. The van der Waals surface area contributed by atoms with Crippen molar-refractivity contribution in [3.63, 3.8) is 0 Å². The van der Waals surface area contributed by atoms with E-state index in [4.69, 9.17) is 11.6 Å². The minimum absolute atomic E-state index is 0.0729. The molecule has 1 N–H and O–H groups in total. The van der Waals surface area contributed by atoms with E-state index in [2.05, 4.69) is 10.1 Å². The van der Waals surface area contributed by atoms with Crippen molar-refractivity contribution in [1.29, 1.82) is 0 Å². The van der Waals surface area contributed by atoms with E-state index in [-0.39, 0.29) is 12.0 Å². The molecule has 16 heavy (non-hydrogen) atoms. The fraction of sp³-hybridized carbons (Fsp3) is 0.417. The van der Waals surface area contributed by atoms with Gasteiger partial charge in [-0.2, -0.15) is 0 Å². The molecule has 1 atom stereocenters. The van der Waals surface area contributed by atoms with E-state index < -0.39 is 0 Å². The highest BCUT2D eigenvalue weighted by atomic mass is 35.5. The van der Waals surface area contributed by atoms with Gasteiger partial charge in [0.15, 0.2) is 0 Å². The molecule has 0 spiro atoms. The van der Waals surface area contributed by atoms with Gasteiger partial charge in [-0.05, 0) is 18.6 Å². The van der Waals surface area contributed by atoms with Crippen LogP contribution in [0.4, 0.5) is 0 Å². The number of carbonyl (C=O) groups is 1. The van der Waals surface area contributed by atoms with E-state index in [0.29, 0.717) is 13.0 Å². The summed E-state index contributed by atoms with van der Waals surface area (Å²) in [5.74, 6) is -0.209. The largest absolute Gasteiger partial charge is 0.469 e. The smallest absolute Gasteiger partial charge is 0.307 e.